The molecular weight excluding hydrogens is 220 g/mol. The van der Waals surface area contributed by atoms with E-state index < -0.39 is 0 Å². The molecule has 2 heteroatoms. The molecular formula is C16H36N2. The van der Waals surface area contributed by atoms with Crippen LogP contribution in [-0.2, 0) is 0 Å². The molecule has 0 aromatic carbocycles. The Morgan fingerprint density at radius 3 is 0.833 bits per heavy atom. The number of hydrogen-bond acceptors (Lipinski definition) is 2. The normalized spacial score (nSPS) is 11.7. The van der Waals surface area contributed by atoms with E-state index in [1.165, 1.54) is 77.3 Å². The Morgan fingerprint density at radius 2 is 0.611 bits per heavy atom. The lowest BCUT2D eigenvalue weighted by molar-refractivity contribution is 0.386. The SMILES string of the molecule is CN(C)CCCCCCCCCCCCN(C)C. The van der Waals surface area contributed by atoms with Crippen molar-refractivity contribution < 1.29 is 0 Å². The van der Waals surface area contributed by atoms with Crippen LogP contribution < -0.4 is 0 Å². The summed E-state index contributed by atoms with van der Waals surface area (Å²) in [5.74, 6) is 0. The predicted molar refractivity (Wildman–Crippen MR) is 83.3 cm³/mol. The van der Waals surface area contributed by atoms with Crippen molar-refractivity contribution in [2.45, 2.75) is 64.2 Å². The molecule has 0 amide bonds. The van der Waals surface area contributed by atoms with Crippen LogP contribution in [-0.4, -0.2) is 51.1 Å². The van der Waals surface area contributed by atoms with Gasteiger partial charge in [0.05, 0.1) is 0 Å². The molecule has 18 heavy (non-hydrogen) atoms. The molecule has 0 aromatic rings. The Bertz CT molecular complexity index is 137. The summed E-state index contributed by atoms with van der Waals surface area (Å²) in [5.41, 5.74) is 0. The molecule has 110 valence electrons. The van der Waals surface area contributed by atoms with Crippen LogP contribution >= 0.6 is 0 Å². The highest BCUT2D eigenvalue weighted by molar-refractivity contribution is 4.50. The molecule has 0 fully saturated rings. The van der Waals surface area contributed by atoms with Gasteiger partial charge in [-0.15, -0.1) is 0 Å². The van der Waals surface area contributed by atoms with Crippen LogP contribution in [0, 0.1) is 0 Å². The van der Waals surface area contributed by atoms with Gasteiger partial charge in [-0.25, -0.2) is 0 Å². The summed E-state index contributed by atoms with van der Waals surface area (Å²) >= 11 is 0. The Morgan fingerprint density at radius 1 is 0.389 bits per heavy atom. The van der Waals surface area contributed by atoms with Crippen molar-refractivity contribution in [3.05, 3.63) is 0 Å². The van der Waals surface area contributed by atoms with E-state index in [2.05, 4.69) is 38.0 Å². The summed E-state index contributed by atoms with van der Waals surface area (Å²) in [6.07, 6.45) is 14.3. The Balaban J connectivity index is 2.95. The van der Waals surface area contributed by atoms with Gasteiger partial charge in [0.15, 0.2) is 0 Å². The largest absolute Gasteiger partial charge is 0.309 e. The molecule has 0 saturated carbocycles. The molecule has 2 nitrogen and oxygen atoms in total. The van der Waals surface area contributed by atoms with Gasteiger partial charge < -0.3 is 9.80 Å². The van der Waals surface area contributed by atoms with Crippen molar-refractivity contribution in [3.63, 3.8) is 0 Å². The van der Waals surface area contributed by atoms with Gasteiger partial charge in [0.1, 0.15) is 0 Å². The number of hydrogen-bond donors (Lipinski definition) is 0. The Labute approximate surface area is 116 Å². The smallest absolute Gasteiger partial charge is 0.00248 e. The zero-order valence-electron chi connectivity index (χ0n) is 13.4. The third-order valence-electron chi connectivity index (χ3n) is 3.46. The standard InChI is InChI=1S/C16H36N2/c1-17(2)15-13-11-9-7-5-6-8-10-12-14-16-18(3)4/h5-16H2,1-4H3. The molecule has 0 heterocycles. The highest BCUT2D eigenvalue weighted by Gasteiger charge is 1.94. The minimum Gasteiger partial charge on any atom is -0.309 e. The summed E-state index contributed by atoms with van der Waals surface area (Å²) in [6, 6.07) is 0. The lowest BCUT2D eigenvalue weighted by Crippen LogP contribution is -2.12. The topological polar surface area (TPSA) is 6.48 Å². The Kier molecular flexibility index (Phi) is 13.3. The van der Waals surface area contributed by atoms with E-state index in [-0.39, 0.29) is 0 Å². The van der Waals surface area contributed by atoms with E-state index in [0.717, 1.165) is 0 Å². The fourth-order valence-electron chi connectivity index (χ4n) is 2.27. The number of rotatable bonds is 13. The van der Waals surface area contributed by atoms with E-state index >= 15 is 0 Å². The summed E-state index contributed by atoms with van der Waals surface area (Å²) in [6.45, 7) is 2.51. The van der Waals surface area contributed by atoms with Crippen molar-refractivity contribution in [3.8, 4) is 0 Å². The maximum absolute atomic E-state index is 2.29. The molecule has 0 unspecified atom stereocenters. The van der Waals surface area contributed by atoms with Crippen LogP contribution in [0.3, 0.4) is 0 Å². The van der Waals surface area contributed by atoms with E-state index in [1.807, 2.05) is 0 Å². The fourth-order valence-corrected chi connectivity index (χ4v) is 2.27. The van der Waals surface area contributed by atoms with Gasteiger partial charge in [0.25, 0.3) is 0 Å². The molecule has 0 aliphatic rings. The number of nitrogens with zero attached hydrogens (tertiary/aromatic N) is 2. The van der Waals surface area contributed by atoms with Crippen molar-refractivity contribution in [1.29, 1.82) is 0 Å². The van der Waals surface area contributed by atoms with Gasteiger partial charge >= 0.3 is 0 Å². The third kappa shape index (κ3) is 15.9. The van der Waals surface area contributed by atoms with Gasteiger partial charge in [-0.05, 0) is 54.1 Å². The van der Waals surface area contributed by atoms with E-state index in [4.69, 9.17) is 0 Å². The van der Waals surface area contributed by atoms with E-state index in [9.17, 15) is 0 Å². The van der Waals surface area contributed by atoms with Crippen molar-refractivity contribution in [2.75, 3.05) is 41.3 Å². The molecule has 0 bridgehead atoms. The highest BCUT2D eigenvalue weighted by Crippen LogP contribution is 2.10. The first kappa shape index (κ1) is 17.9. The average molecular weight is 256 g/mol. The summed E-state index contributed by atoms with van der Waals surface area (Å²) < 4.78 is 0. The summed E-state index contributed by atoms with van der Waals surface area (Å²) in [5, 5.41) is 0. The summed E-state index contributed by atoms with van der Waals surface area (Å²) in [7, 11) is 8.65. The van der Waals surface area contributed by atoms with Crippen molar-refractivity contribution >= 4 is 0 Å². The molecule has 0 spiro atoms. The van der Waals surface area contributed by atoms with Gasteiger partial charge in [0.2, 0.25) is 0 Å². The first-order valence-corrected chi connectivity index (χ1v) is 7.92. The van der Waals surface area contributed by atoms with Gasteiger partial charge in [-0.3, -0.25) is 0 Å². The summed E-state index contributed by atoms with van der Waals surface area (Å²) in [4.78, 5) is 4.57. The van der Waals surface area contributed by atoms with Crippen LogP contribution in [0.25, 0.3) is 0 Å². The molecule has 0 atom stereocenters. The van der Waals surface area contributed by atoms with Crippen LogP contribution in [0.15, 0.2) is 0 Å². The van der Waals surface area contributed by atoms with E-state index in [1.54, 1.807) is 0 Å². The minimum atomic E-state index is 1.26. The van der Waals surface area contributed by atoms with Crippen molar-refractivity contribution in [2.24, 2.45) is 0 Å². The second-order valence-corrected chi connectivity index (χ2v) is 6.14. The highest BCUT2D eigenvalue weighted by atomic mass is 15.0. The molecule has 0 saturated heterocycles. The fraction of sp³-hybridized carbons (Fsp3) is 1.00. The maximum Gasteiger partial charge on any atom is -0.00248 e. The molecule has 0 aromatic heterocycles. The van der Waals surface area contributed by atoms with Gasteiger partial charge in [0, 0.05) is 0 Å². The Hall–Kier alpha value is -0.0800. The van der Waals surface area contributed by atoms with E-state index in [0.29, 0.717) is 0 Å². The molecule has 0 aliphatic carbocycles. The first-order chi connectivity index (χ1) is 8.63. The average Bonchev–Trinajstić information content (AvgIpc) is 2.29. The molecule has 0 radical (unpaired) electrons. The van der Waals surface area contributed by atoms with Crippen LogP contribution in [0.5, 0.6) is 0 Å². The zero-order chi connectivity index (χ0) is 13.6. The van der Waals surface area contributed by atoms with Gasteiger partial charge in [-0.2, -0.15) is 0 Å². The third-order valence-corrected chi connectivity index (χ3v) is 3.46. The first-order valence-electron chi connectivity index (χ1n) is 7.92. The monoisotopic (exact) mass is 256 g/mol. The van der Waals surface area contributed by atoms with Crippen LogP contribution in [0.2, 0.25) is 0 Å². The second-order valence-electron chi connectivity index (χ2n) is 6.14. The zero-order valence-corrected chi connectivity index (χ0v) is 13.4. The van der Waals surface area contributed by atoms with Gasteiger partial charge in [-0.1, -0.05) is 51.4 Å². The molecule has 0 rings (SSSR count). The minimum absolute atomic E-state index is 1.26. The molecule has 0 N–H and O–H groups in total. The quantitative estimate of drug-likeness (QED) is 0.459. The molecule has 0 aliphatic heterocycles. The second kappa shape index (κ2) is 13.4. The van der Waals surface area contributed by atoms with Crippen LogP contribution in [0.1, 0.15) is 64.2 Å². The number of unbranched alkanes of at least 4 members (excludes halogenated alkanes) is 9. The van der Waals surface area contributed by atoms with Crippen molar-refractivity contribution in [1.82, 2.24) is 9.80 Å². The lowest BCUT2D eigenvalue weighted by atomic mass is 10.1. The van der Waals surface area contributed by atoms with Crippen LogP contribution in [0.4, 0.5) is 0 Å². The lowest BCUT2D eigenvalue weighted by Gasteiger charge is -2.09. The maximum atomic E-state index is 2.29. The predicted octanol–water partition coefficient (Wildman–Crippen LogP) is 4.01.